The summed E-state index contributed by atoms with van der Waals surface area (Å²) in [4.78, 5) is 14.5. The first-order valence-electron chi connectivity index (χ1n) is 5.92. The highest BCUT2D eigenvalue weighted by atomic mass is 79.9. The quantitative estimate of drug-likeness (QED) is 0.830. The Hall–Kier alpha value is 0.0500. The van der Waals surface area contributed by atoms with Gasteiger partial charge in [-0.1, -0.05) is 0 Å². The van der Waals surface area contributed by atoms with Crippen molar-refractivity contribution in [3.05, 3.63) is 19.2 Å². The summed E-state index contributed by atoms with van der Waals surface area (Å²) in [6, 6.07) is 1.79. The third kappa shape index (κ3) is 3.78. The summed E-state index contributed by atoms with van der Waals surface area (Å²) in [5.74, 6) is -0.0729. The van der Waals surface area contributed by atoms with E-state index < -0.39 is 5.60 Å². The average molecular weight is 413 g/mol. The Morgan fingerprint density at radius 1 is 1.53 bits per heavy atom. The Labute approximate surface area is 133 Å². The van der Waals surface area contributed by atoms with Crippen molar-refractivity contribution >= 4 is 49.1 Å². The highest BCUT2D eigenvalue weighted by Gasteiger charge is 2.32. The van der Waals surface area contributed by atoms with Crippen LogP contribution in [0.25, 0.3) is 0 Å². The molecular formula is C12H15Br2NO3S. The second kappa shape index (κ2) is 6.22. The number of carbonyl (C=O) groups is 1. The van der Waals surface area contributed by atoms with Crippen LogP contribution in [0.15, 0.2) is 14.3 Å². The molecule has 0 spiro atoms. The van der Waals surface area contributed by atoms with Crippen molar-refractivity contribution in [3.63, 3.8) is 0 Å². The smallest absolute Gasteiger partial charge is 0.263 e. The molecule has 2 heterocycles. The predicted octanol–water partition coefficient (Wildman–Crippen LogP) is 2.89. The zero-order valence-electron chi connectivity index (χ0n) is 10.5. The molecule has 2 rings (SSSR count). The van der Waals surface area contributed by atoms with Gasteiger partial charge in [-0.15, -0.1) is 11.3 Å². The Morgan fingerprint density at radius 3 is 2.68 bits per heavy atom. The number of carbonyl (C=O) groups excluding carboxylic acids is 1. The van der Waals surface area contributed by atoms with E-state index in [1.807, 2.05) is 0 Å². The highest BCUT2D eigenvalue weighted by molar-refractivity contribution is 9.13. The molecule has 1 saturated heterocycles. The van der Waals surface area contributed by atoms with Crippen LogP contribution in [-0.4, -0.2) is 48.3 Å². The third-order valence-electron chi connectivity index (χ3n) is 3.16. The molecule has 1 aliphatic heterocycles. The summed E-state index contributed by atoms with van der Waals surface area (Å²) in [6.45, 7) is 1.44. The second-order valence-corrected chi connectivity index (χ2v) is 7.95. The summed E-state index contributed by atoms with van der Waals surface area (Å²) in [5, 5.41) is 10.4. The van der Waals surface area contributed by atoms with Crippen molar-refractivity contribution in [1.29, 1.82) is 0 Å². The van der Waals surface area contributed by atoms with Gasteiger partial charge in [-0.25, -0.2) is 0 Å². The summed E-state index contributed by atoms with van der Waals surface area (Å²) >= 11 is 8.13. The van der Waals surface area contributed by atoms with Crippen LogP contribution in [0.3, 0.4) is 0 Å². The summed E-state index contributed by atoms with van der Waals surface area (Å²) < 4.78 is 7.01. The molecule has 0 bridgehead atoms. The summed E-state index contributed by atoms with van der Waals surface area (Å²) in [6.07, 6.45) is 1.14. The number of nitrogens with zero attached hydrogens (tertiary/aromatic N) is 1. The zero-order chi connectivity index (χ0) is 14.0. The van der Waals surface area contributed by atoms with E-state index >= 15 is 0 Å². The lowest BCUT2D eigenvalue weighted by Gasteiger charge is -2.35. The van der Waals surface area contributed by atoms with E-state index in [1.54, 1.807) is 18.0 Å². The van der Waals surface area contributed by atoms with Crippen molar-refractivity contribution in [1.82, 2.24) is 4.90 Å². The fourth-order valence-electron chi connectivity index (χ4n) is 2.06. The molecule has 4 nitrogen and oxygen atoms in total. The number of hydrogen-bond donors (Lipinski definition) is 1. The van der Waals surface area contributed by atoms with Crippen LogP contribution in [0, 0.1) is 0 Å². The first-order valence-corrected chi connectivity index (χ1v) is 8.32. The number of hydrogen-bond acceptors (Lipinski definition) is 4. The van der Waals surface area contributed by atoms with E-state index in [0.29, 0.717) is 37.5 Å². The number of aliphatic hydroxyl groups is 1. The SMILES string of the molecule is CN(CC1(O)CCOCC1)C(=O)c1cc(Br)c(Br)s1. The van der Waals surface area contributed by atoms with Crippen LogP contribution in [0.5, 0.6) is 0 Å². The molecule has 0 atom stereocenters. The van der Waals surface area contributed by atoms with Crippen molar-refractivity contribution in [2.45, 2.75) is 18.4 Å². The van der Waals surface area contributed by atoms with Crippen molar-refractivity contribution < 1.29 is 14.6 Å². The largest absolute Gasteiger partial charge is 0.388 e. The van der Waals surface area contributed by atoms with Crippen LogP contribution >= 0.6 is 43.2 Å². The number of thiophene rings is 1. The molecule has 0 unspecified atom stereocenters. The number of likely N-dealkylation sites (N-methyl/N-ethyl adjacent to an activating group) is 1. The lowest BCUT2D eigenvalue weighted by molar-refractivity contribution is -0.0733. The molecule has 1 aromatic rings. The first-order chi connectivity index (χ1) is 8.91. The number of ether oxygens (including phenoxy) is 1. The average Bonchev–Trinajstić information content (AvgIpc) is 2.69. The molecule has 0 saturated carbocycles. The van der Waals surface area contributed by atoms with Gasteiger partial charge in [0.05, 0.1) is 14.3 Å². The normalized spacial score (nSPS) is 18.3. The van der Waals surface area contributed by atoms with Gasteiger partial charge in [0.1, 0.15) is 0 Å². The molecule has 1 aliphatic rings. The van der Waals surface area contributed by atoms with E-state index in [2.05, 4.69) is 31.9 Å². The van der Waals surface area contributed by atoms with E-state index in [-0.39, 0.29) is 5.91 Å². The van der Waals surface area contributed by atoms with Crippen LogP contribution in [-0.2, 0) is 4.74 Å². The van der Waals surface area contributed by atoms with Crippen molar-refractivity contribution in [2.24, 2.45) is 0 Å². The highest BCUT2D eigenvalue weighted by Crippen LogP contribution is 2.33. The van der Waals surface area contributed by atoms with Gasteiger partial charge in [0.25, 0.3) is 5.91 Å². The van der Waals surface area contributed by atoms with Gasteiger partial charge < -0.3 is 14.7 Å². The third-order valence-corrected chi connectivity index (χ3v) is 6.40. The molecule has 1 aromatic heterocycles. The lowest BCUT2D eigenvalue weighted by Crippen LogP contribution is -2.47. The number of rotatable bonds is 3. The van der Waals surface area contributed by atoms with Gasteiger partial charge in [0.15, 0.2) is 0 Å². The van der Waals surface area contributed by atoms with Gasteiger partial charge in [0.2, 0.25) is 0 Å². The molecule has 0 aliphatic carbocycles. The maximum atomic E-state index is 12.3. The standard InChI is InChI=1S/C12H15Br2NO3S/c1-15(7-12(17)2-4-18-5-3-12)11(16)9-6-8(13)10(14)19-9/h6,17H,2-5,7H2,1H3. The molecule has 1 fully saturated rings. The molecule has 1 N–H and O–H groups in total. The van der Waals surface area contributed by atoms with Crippen LogP contribution in [0.2, 0.25) is 0 Å². The fourth-order valence-corrected chi connectivity index (χ4v) is 4.09. The summed E-state index contributed by atoms with van der Waals surface area (Å²) in [7, 11) is 1.72. The minimum absolute atomic E-state index is 0.0729. The topological polar surface area (TPSA) is 49.8 Å². The molecule has 0 aromatic carbocycles. The Balaban J connectivity index is 2.02. The Bertz CT molecular complexity index is 452. The fraction of sp³-hybridized carbons (Fsp3) is 0.583. The van der Waals surface area contributed by atoms with Gasteiger partial charge in [-0.3, -0.25) is 4.79 Å². The van der Waals surface area contributed by atoms with E-state index in [9.17, 15) is 9.90 Å². The monoisotopic (exact) mass is 411 g/mol. The van der Waals surface area contributed by atoms with Crippen LogP contribution in [0.4, 0.5) is 0 Å². The minimum Gasteiger partial charge on any atom is -0.388 e. The zero-order valence-corrected chi connectivity index (χ0v) is 14.5. The van der Waals surface area contributed by atoms with Gasteiger partial charge in [-0.2, -0.15) is 0 Å². The second-order valence-electron chi connectivity index (χ2n) is 4.73. The first kappa shape index (κ1) is 15.4. The van der Waals surface area contributed by atoms with Gasteiger partial charge in [-0.05, 0) is 37.9 Å². The van der Waals surface area contributed by atoms with E-state index in [0.717, 1.165) is 8.26 Å². The van der Waals surface area contributed by atoms with Crippen LogP contribution < -0.4 is 0 Å². The number of halogens is 2. The Kier molecular flexibility index (Phi) is 5.05. The minimum atomic E-state index is -0.825. The van der Waals surface area contributed by atoms with Crippen LogP contribution in [0.1, 0.15) is 22.5 Å². The van der Waals surface area contributed by atoms with Crippen molar-refractivity contribution in [3.8, 4) is 0 Å². The molecule has 19 heavy (non-hydrogen) atoms. The molecule has 7 heteroatoms. The molecule has 1 amide bonds. The number of amides is 1. The lowest BCUT2D eigenvalue weighted by atomic mass is 9.94. The maximum Gasteiger partial charge on any atom is 0.263 e. The molecular weight excluding hydrogens is 398 g/mol. The Morgan fingerprint density at radius 2 is 2.16 bits per heavy atom. The van der Waals surface area contributed by atoms with Gasteiger partial charge in [0, 0.05) is 44.1 Å². The van der Waals surface area contributed by atoms with E-state index in [1.165, 1.54) is 11.3 Å². The summed E-state index contributed by atoms with van der Waals surface area (Å²) in [5.41, 5.74) is -0.825. The molecule has 106 valence electrons. The van der Waals surface area contributed by atoms with Crippen molar-refractivity contribution in [2.75, 3.05) is 26.8 Å². The van der Waals surface area contributed by atoms with E-state index in [4.69, 9.17) is 4.74 Å². The molecule has 0 radical (unpaired) electrons. The van der Waals surface area contributed by atoms with Gasteiger partial charge >= 0.3 is 0 Å². The predicted molar refractivity (Wildman–Crippen MR) is 81.7 cm³/mol. The maximum absolute atomic E-state index is 12.3.